The second kappa shape index (κ2) is 4.20. The van der Waals surface area contributed by atoms with Crippen LogP contribution in [-0.4, -0.2) is 15.8 Å². The van der Waals surface area contributed by atoms with Crippen LogP contribution in [0.3, 0.4) is 0 Å². The van der Waals surface area contributed by atoms with Crippen LogP contribution in [0.15, 0.2) is 19.0 Å². The van der Waals surface area contributed by atoms with Crippen LogP contribution in [0, 0.1) is 16.7 Å². The van der Waals surface area contributed by atoms with Crippen molar-refractivity contribution in [2.24, 2.45) is 16.7 Å². The monoisotopic (exact) mass is 259 g/mol. The minimum Gasteiger partial charge on any atom is -0.309 e. The third-order valence-electron chi connectivity index (χ3n) is 5.62. The zero-order chi connectivity index (χ0) is 13.7. The van der Waals surface area contributed by atoms with Crippen molar-refractivity contribution in [3.05, 3.63) is 24.5 Å². The predicted molar refractivity (Wildman–Crippen MR) is 78.5 cm³/mol. The highest BCUT2D eigenvalue weighted by atomic mass is 15.2. The second-order valence-corrected chi connectivity index (χ2v) is 7.24. The van der Waals surface area contributed by atoms with E-state index in [4.69, 9.17) is 0 Å². The summed E-state index contributed by atoms with van der Waals surface area (Å²) in [4.78, 5) is 0. The van der Waals surface area contributed by atoms with Gasteiger partial charge in [0, 0.05) is 30.5 Å². The van der Waals surface area contributed by atoms with Gasteiger partial charge in [0.1, 0.15) is 0 Å². The van der Waals surface area contributed by atoms with Gasteiger partial charge in [-0.3, -0.25) is 0 Å². The van der Waals surface area contributed by atoms with E-state index in [2.05, 4.69) is 37.8 Å². The van der Waals surface area contributed by atoms with Gasteiger partial charge < -0.3 is 5.32 Å². The molecule has 19 heavy (non-hydrogen) atoms. The van der Waals surface area contributed by atoms with Crippen molar-refractivity contribution in [3.63, 3.8) is 0 Å². The first-order chi connectivity index (χ1) is 8.95. The van der Waals surface area contributed by atoms with Gasteiger partial charge in [-0.1, -0.05) is 27.4 Å². The lowest BCUT2D eigenvalue weighted by Gasteiger charge is -2.43. The molecule has 3 atom stereocenters. The molecule has 3 unspecified atom stereocenters. The number of nitrogens with one attached hydrogen (secondary N) is 1. The van der Waals surface area contributed by atoms with Gasteiger partial charge in [-0.25, -0.2) is 4.68 Å². The summed E-state index contributed by atoms with van der Waals surface area (Å²) in [5, 5.41) is 8.05. The molecule has 2 saturated carbocycles. The van der Waals surface area contributed by atoms with Crippen LogP contribution in [0.2, 0.25) is 0 Å². The first kappa shape index (κ1) is 12.9. The highest BCUT2D eigenvalue weighted by molar-refractivity contribution is 5.18. The normalized spacial score (nSPS) is 35.7. The number of fused-ring (bicyclic) bond motifs is 2. The average Bonchev–Trinajstić information content (AvgIpc) is 2.99. The zero-order valence-electron chi connectivity index (χ0n) is 12.3. The van der Waals surface area contributed by atoms with Gasteiger partial charge in [0.05, 0.1) is 6.20 Å². The SMILES string of the molecule is C=Cn1cc(CNC2C3(C)CCC(C3)C2(C)C)cn1. The van der Waals surface area contributed by atoms with Gasteiger partial charge in [-0.15, -0.1) is 0 Å². The molecule has 2 aliphatic rings. The highest BCUT2D eigenvalue weighted by Gasteiger charge is 2.58. The van der Waals surface area contributed by atoms with Crippen LogP contribution in [-0.2, 0) is 6.54 Å². The van der Waals surface area contributed by atoms with Crippen molar-refractivity contribution in [2.75, 3.05) is 0 Å². The summed E-state index contributed by atoms with van der Waals surface area (Å²) in [6, 6.07) is 0.617. The van der Waals surface area contributed by atoms with E-state index in [9.17, 15) is 0 Å². The van der Waals surface area contributed by atoms with E-state index in [0.717, 1.165) is 12.5 Å². The molecule has 3 nitrogen and oxygen atoms in total. The number of aromatic nitrogens is 2. The molecule has 0 saturated heterocycles. The molecular formula is C16H25N3. The number of hydrogen-bond acceptors (Lipinski definition) is 2. The molecule has 0 spiro atoms. The van der Waals surface area contributed by atoms with Crippen molar-refractivity contribution in [2.45, 2.75) is 52.6 Å². The second-order valence-electron chi connectivity index (χ2n) is 7.24. The van der Waals surface area contributed by atoms with Gasteiger partial charge in [-0.2, -0.15) is 5.10 Å². The molecule has 2 bridgehead atoms. The minimum atomic E-state index is 0.418. The number of hydrogen-bond donors (Lipinski definition) is 1. The summed E-state index contributed by atoms with van der Waals surface area (Å²) >= 11 is 0. The van der Waals surface area contributed by atoms with Crippen LogP contribution < -0.4 is 5.32 Å². The summed E-state index contributed by atoms with van der Waals surface area (Å²) in [5.74, 6) is 0.894. The Morgan fingerprint density at radius 1 is 1.53 bits per heavy atom. The number of rotatable bonds is 4. The fraction of sp³-hybridized carbons (Fsp3) is 0.688. The average molecular weight is 259 g/mol. The minimum absolute atomic E-state index is 0.418. The van der Waals surface area contributed by atoms with Crippen LogP contribution in [0.25, 0.3) is 6.20 Å². The van der Waals surface area contributed by atoms with E-state index in [1.165, 1.54) is 24.8 Å². The summed E-state index contributed by atoms with van der Waals surface area (Å²) in [6.07, 6.45) is 9.89. The molecule has 2 aliphatic carbocycles. The van der Waals surface area contributed by atoms with Gasteiger partial charge in [0.25, 0.3) is 0 Å². The Balaban J connectivity index is 1.71. The molecular weight excluding hydrogens is 234 g/mol. The smallest absolute Gasteiger partial charge is 0.0538 e. The number of nitrogens with zero attached hydrogens (tertiary/aromatic N) is 2. The third-order valence-corrected chi connectivity index (χ3v) is 5.62. The Morgan fingerprint density at radius 3 is 2.89 bits per heavy atom. The summed E-state index contributed by atoms with van der Waals surface area (Å²) in [7, 11) is 0. The van der Waals surface area contributed by atoms with Crippen molar-refractivity contribution in [3.8, 4) is 0 Å². The van der Waals surface area contributed by atoms with Crippen molar-refractivity contribution >= 4 is 6.20 Å². The van der Waals surface area contributed by atoms with Gasteiger partial charge >= 0.3 is 0 Å². The lowest BCUT2D eigenvalue weighted by molar-refractivity contribution is 0.108. The molecule has 2 fully saturated rings. The molecule has 1 heterocycles. The molecule has 0 aromatic carbocycles. The lowest BCUT2D eigenvalue weighted by Crippen LogP contribution is -2.49. The Bertz CT molecular complexity index is 483. The Hall–Kier alpha value is -1.09. The topological polar surface area (TPSA) is 29.9 Å². The summed E-state index contributed by atoms with van der Waals surface area (Å²) in [5.41, 5.74) is 2.14. The van der Waals surface area contributed by atoms with Crippen LogP contribution in [0.4, 0.5) is 0 Å². The standard InChI is InChI=1S/C16H25N3/c1-5-19-11-12(10-18-19)9-17-14-15(2,3)13-6-7-16(14,4)8-13/h5,10-11,13-14,17H,1,6-9H2,2-4H3. The highest BCUT2D eigenvalue weighted by Crippen LogP contribution is 2.62. The lowest BCUT2D eigenvalue weighted by atomic mass is 9.68. The zero-order valence-corrected chi connectivity index (χ0v) is 12.3. The summed E-state index contributed by atoms with van der Waals surface area (Å²) in [6.45, 7) is 12.0. The molecule has 1 N–H and O–H groups in total. The maximum Gasteiger partial charge on any atom is 0.0538 e. The maximum atomic E-state index is 4.24. The first-order valence-electron chi connectivity index (χ1n) is 7.35. The molecule has 3 heteroatoms. The van der Waals surface area contributed by atoms with E-state index in [1.807, 2.05) is 12.4 Å². The molecule has 0 radical (unpaired) electrons. The van der Waals surface area contributed by atoms with E-state index in [-0.39, 0.29) is 0 Å². The molecule has 3 rings (SSSR count). The quantitative estimate of drug-likeness (QED) is 0.899. The van der Waals surface area contributed by atoms with Crippen molar-refractivity contribution in [1.82, 2.24) is 15.1 Å². The van der Waals surface area contributed by atoms with E-state index in [1.54, 1.807) is 10.9 Å². The Morgan fingerprint density at radius 2 is 2.32 bits per heavy atom. The Labute approximate surface area is 116 Å². The van der Waals surface area contributed by atoms with E-state index in [0.29, 0.717) is 16.9 Å². The van der Waals surface area contributed by atoms with Crippen molar-refractivity contribution < 1.29 is 0 Å². The first-order valence-corrected chi connectivity index (χ1v) is 7.35. The molecule has 1 aromatic heterocycles. The van der Waals surface area contributed by atoms with Gasteiger partial charge in [0.2, 0.25) is 0 Å². The molecule has 0 amide bonds. The fourth-order valence-electron chi connectivity index (χ4n) is 4.60. The summed E-state index contributed by atoms with van der Waals surface area (Å²) < 4.78 is 1.77. The van der Waals surface area contributed by atoms with Gasteiger partial charge in [0.15, 0.2) is 0 Å². The molecule has 0 aliphatic heterocycles. The molecule has 1 aromatic rings. The van der Waals surface area contributed by atoms with E-state index >= 15 is 0 Å². The van der Waals surface area contributed by atoms with Gasteiger partial charge in [-0.05, 0) is 36.0 Å². The third kappa shape index (κ3) is 1.95. The van der Waals surface area contributed by atoms with Crippen molar-refractivity contribution in [1.29, 1.82) is 0 Å². The predicted octanol–water partition coefficient (Wildman–Crippen LogP) is 3.29. The van der Waals surface area contributed by atoms with Crippen LogP contribution in [0.1, 0.15) is 45.6 Å². The largest absolute Gasteiger partial charge is 0.309 e. The molecule has 104 valence electrons. The fourth-order valence-corrected chi connectivity index (χ4v) is 4.60. The van der Waals surface area contributed by atoms with Crippen LogP contribution >= 0.6 is 0 Å². The Kier molecular flexibility index (Phi) is 2.86. The van der Waals surface area contributed by atoms with E-state index < -0.39 is 0 Å². The maximum absolute atomic E-state index is 4.24. The van der Waals surface area contributed by atoms with Crippen LogP contribution in [0.5, 0.6) is 0 Å².